The molecule has 1 aliphatic rings. The van der Waals surface area contributed by atoms with Crippen LogP contribution < -0.4 is 5.32 Å². The summed E-state index contributed by atoms with van der Waals surface area (Å²) in [6.07, 6.45) is 5.01. The maximum atomic E-state index is 12.1. The van der Waals surface area contributed by atoms with Crippen molar-refractivity contribution >= 4 is 33.1 Å². The van der Waals surface area contributed by atoms with Crippen LogP contribution in [0, 0.1) is 0 Å². The summed E-state index contributed by atoms with van der Waals surface area (Å²) in [6, 6.07) is 6.44. The second-order valence-corrected chi connectivity index (χ2v) is 6.32. The summed E-state index contributed by atoms with van der Waals surface area (Å²) in [5.41, 5.74) is 3.59. The quantitative estimate of drug-likeness (QED) is 0.940. The number of carbonyl (C=O) groups is 1. The summed E-state index contributed by atoms with van der Waals surface area (Å²) in [4.78, 5) is 18.5. The zero-order chi connectivity index (χ0) is 13.9. The molecular weight excluding hydrogens is 270 g/mol. The molecule has 106 valence electrons. The minimum absolute atomic E-state index is 0.0500. The normalized spacial score (nSPS) is 16.1. The molecule has 5 heteroatoms. The first kappa shape index (κ1) is 13.5. The fourth-order valence-corrected chi connectivity index (χ4v) is 3.50. The lowest BCUT2D eigenvalue weighted by Gasteiger charge is -2.23. The van der Waals surface area contributed by atoms with Gasteiger partial charge in [-0.05, 0) is 38.1 Å². The molecule has 4 nitrogen and oxygen atoms in total. The number of nitrogens with zero attached hydrogens (tertiary/aromatic N) is 2. The van der Waals surface area contributed by atoms with Gasteiger partial charge >= 0.3 is 0 Å². The van der Waals surface area contributed by atoms with Crippen molar-refractivity contribution in [2.75, 3.05) is 18.9 Å². The molecule has 20 heavy (non-hydrogen) atoms. The van der Waals surface area contributed by atoms with Gasteiger partial charge in [0, 0.05) is 11.7 Å². The average molecular weight is 289 g/mol. The molecule has 0 bridgehead atoms. The molecule has 1 saturated carbocycles. The molecule has 2 aromatic rings. The highest BCUT2D eigenvalue weighted by molar-refractivity contribution is 7.16. The van der Waals surface area contributed by atoms with Crippen LogP contribution in [-0.2, 0) is 4.79 Å². The van der Waals surface area contributed by atoms with Gasteiger partial charge in [0.25, 0.3) is 0 Å². The predicted octanol–water partition coefficient (Wildman–Crippen LogP) is 3.11. The van der Waals surface area contributed by atoms with Crippen molar-refractivity contribution in [2.45, 2.75) is 31.7 Å². The lowest BCUT2D eigenvalue weighted by Crippen LogP contribution is -2.36. The van der Waals surface area contributed by atoms with Crippen LogP contribution in [0.2, 0.25) is 0 Å². The summed E-state index contributed by atoms with van der Waals surface area (Å²) in [6.45, 7) is 0.458. The van der Waals surface area contributed by atoms with Gasteiger partial charge < -0.3 is 5.32 Å². The summed E-state index contributed by atoms with van der Waals surface area (Å²) in [5.74, 6) is 0.0500. The van der Waals surface area contributed by atoms with E-state index in [4.69, 9.17) is 0 Å². The van der Waals surface area contributed by atoms with Crippen molar-refractivity contribution in [3.05, 3.63) is 23.7 Å². The maximum Gasteiger partial charge on any atom is 0.238 e. The van der Waals surface area contributed by atoms with E-state index in [0.29, 0.717) is 12.6 Å². The minimum atomic E-state index is 0.0500. The number of anilines is 1. The monoisotopic (exact) mass is 289 g/mol. The first-order chi connectivity index (χ1) is 9.72. The topological polar surface area (TPSA) is 45.2 Å². The number of aromatic nitrogens is 1. The fourth-order valence-electron chi connectivity index (χ4n) is 2.84. The van der Waals surface area contributed by atoms with E-state index in [-0.39, 0.29) is 5.91 Å². The second kappa shape index (κ2) is 5.89. The van der Waals surface area contributed by atoms with Gasteiger partial charge in [0.1, 0.15) is 0 Å². The number of hydrogen-bond donors (Lipinski definition) is 1. The van der Waals surface area contributed by atoms with Crippen molar-refractivity contribution in [1.29, 1.82) is 0 Å². The first-order valence-corrected chi connectivity index (χ1v) is 7.94. The number of benzene rings is 1. The molecule has 0 spiro atoms. The third-order valence-electron chi connectivity index (χ3n) is 3.96. The number of nitrogens with one attached hydrogen (secondary N) is 1. The molecule has 3 rings (SSSR count). The molecule has 0 radical (unpaired) electrons. The number of fused-ring (bicyclic) bond motifs is 1. The van der Waals surface area contributed by atoms with Crippen LogP contribution in [0.1, 0.15) is 25.7 Å². The molecule has 1 aromatic carbocycles. The lowest BCUT2D eigenvalue weighted by atomic mass is 10.2. The smallest absolute Gasteiger partial charge is 0.238 e. The second-order valence-electron chi connectivity index (χ2n) is 5.44. The Bertz CT molecular complexity index is 604. The van der Waals surface area contributed by atoms with Crippen molar-refractivity contribution in [2.24, 2.45) is 0 Å². The lowest BCUT2D eigenvalue weighted by molar-refractivity contribution is -0.117. The zero-order valence-electron chi connectivity index (χ0n) is 11.6. The highest BCUT2D eigenvalue weighted by Gasteiger charge is 2.21. The molecule has 0 atom stereocenters. The minimum Gasteiger partial charge on any atom is -0.325 e. The number of thiazole rings is 1. The Kier molecular flexibility index (Phi) is 3.98. The van der Waals surface area contributed by atoms with E-state index >= 15 is 0 Å². The van der Waals surface area contributed by atoms with E-state index in [1.165, 1.54) is 25.7 Å². The Balaban J connectivity index is 1.60. The molecule has 1 N–H and O–H groups in total. The average Bonchev–Trinajstić information content (AvgIpc) is 3.09. The van der Waals surface area contributed by atoms with Crippen molar-refractivity contribution in [1.82, 2.24) is 9.88 Å². The number of rotatable bonds is 4. The van der Waals surface area contributed by atoms with E-state index in [2.05, 4.69) is 15.2 Å². The third-order valence-corrected chi connectivity index (χ3v) is 4.77. The third kappa shape index (κ3) is 2.99. The Hall–Kier alpha value is -1.46. The molecule has 0 saturated heterocycles. The first-order valence-electron chi connectivity index (χ1n) is 7.06. The zero-order valence-corrected chi connectivity index (χ0v) is 12.4. The van der Waals surface area contributed by atoms with Gasteiger partial charge in [0.2, 0.25) is 5.91 Å². The van der Waals surface area contributed by atoms with Gasteiger partial charge in [-0.2, -0.15) is 0 Å². The molecular formula is C15H19N3OS. The molecule has 0 unspecified atom stereocenters. The van der Waals surface area contributed by atoms with E-state index in [9.17, 15) is 4.79 Å². The molecule has 1 amide bonds. The van der Waals surface area contributed by atoms with E-state index < -0.39 is 0 Å². The Morgan fingerprint density at radius 2 is 2.25 bits per heavy atom. The van der Waals surface area contributed by atoms with Crippen LogP contribution in [0.3, 0.4) is 0 Å². The molecule has 1 aromatic heterocycles. The standard InChI is InChI=1S/C15H19N3OS/c1-18(12-4-2-3-5-12)9-15(19)17-11-6-7-14-13(8-11)16-10-20-14/h6-8,10,12H,2-5,9H2,1H3,(H,17,19). The van der Waals surface area contributed by atoms with Crippen LogP contribution in [0.4, 0.5) is 5.69 Å². The fraction of sp³-hybridized carbons (Fsp3) is 0.467. The van der Waals surface area contributed by atoms with Crippen molar-refractivity contribution in [3.8, 4) is 0 Å². The summed E-state index contributed by atoms with van der Waals surface area (Å²) >= 11 is 1.61. The SMILES string of the molecule is CN(CC(=O)Nc1ccc2scnc2c1)C1CCCC1. The number of carbonyl (C=O) groups excluding carboxylic acids is 1. The Morgan fingerprint density at radius 3 is 3.05 bits per heavy atom. The Morgan fingerprint density at radius 1 is 1.45 bits per heavy atom. The van der Waals surface area contributed by atoms with Crippen LogP contribution in [0.25, 0.3) is 10.2 Å². The van der Waals surface area contributed by atoms with Crippen molar-refractivity contribution < 1.29 is 4.79 Å². The van der Waals surface area contributed by atoms with Gasteiger partial charge in [-0.1, -0.05) is 12.8 Å². The van der Waals surface area contributed by atoms with E-state index in [0.717, 1.165) is 15.9 Å². The van der Waals surface area contributed by atoms with E-state index in [1.807, 2.05) is 30.8 Å². The maximum absolute atomic E-state index is 12.1. The number of hydrogen-bond acceptors (Lipinski definition) is 4. The summed E-state index contributed by atoms with van der Waals surface area (Å²) in [5, 5.41) is 2.96. The molecule has 1 aliphatic carbocycles. The summed E-state index contributed by atoms with van der Waals surface area (Å²) < 4.78 is 1.14. The number of amides is 1. The van der Waals surface area contributed by atoms with Crippen LogP contribution in [0.5, 0.6) is 0 Å². The van der Waals surface area contributed by atoms with Gasteiger partial charge in [-0.15, -0.1) is 11.3 Å². The highest BCUT2D eigenvalue weighted by atomic mass is 32.1. The molecule has 0 aliphatic heterocycles. The largest absolute Gasteiger partial charge is 0.325 e. The van der Waals surface area contributed by atoms with Gasteiger partial charge in [0.05, 0.1) is 22.3 Å². The van der Waals surface area contributed by atoms with Crippen LogP contribution in [-0.4, -0.2) is 35.4 Å². The van der Waals surface area contributed by atoms with Gasteiger partial charge in [-0.25, -0.2) is 4.98 Å². The van der Waals surface area contributed by atoms with E-state index in [1.54, 1.807) is 11.3 Å². The van der Waals surface area contributed by atoms with Gasteiger partial charge in [0.15, 0.2) is 0 Å². The molecule has 1 fully saturated rings. The number of likely N-dealkylation sites (N-methyl/N-ethyl adjacent to an activating group) is 1. The molecule has 1 heterocycles. The van der Waals surface area contributed by atoms with Crippen LogP contribution in [0.15, 0.2) is 23.7 Å². The predicted molar refractivity (Wildman–Crippen MR) is 83.1 cm³/mol. The van der Waals surface area contributed by atoms with Gasteiger partial charge in [-0.3, -0.25) is 9.69 Å². The van der Waals surface area contributed by atoms with Crippen LogP contribution >= 0.6 is 11.3 Å². The van der Waals surface area contributed by atoms with Crippen molar-refractivity contribution in [3.63, 3.8) is 0 Å². The summed E-state index contributed by atoms with van der Waals surface area (Å²) in [7, 11) is 2.04. The Labute approximate surface area is 122 Å². The highest BCUT2D eigenvalue weighted by Crippen LogP contribution is 2.23.